The largest absolute Gasteiger partial charge is 0.370 e. The summed E-state index contributed by atoms with van der Waals surface area (Å²) in [4.78, 5) is 8.44. The van der Waals surface area contributed by atoms with Gasteiger partial charge < -0.3 is 15.6 Å². The van der Waals surface area contributed by atoms with Crippen molar-refractivity contribution in [3.8, 4) is 0 Å². The number of rotatable bonds is 4. The lowest BCUT2D eigenvalue weighted by atomic mass is 10.1. The van der Waals surface area contributed by atoms with E-state index < -0.39 is 0 Å². The average Bonchev–Trinajstić information content (AvgIpc) is 2.63. The summed E-state index contributed by atoms with van der Waals surface area (Å²) in [5.74, 6) is 1.80. The van der Waals surface area contributed by atoms with Crippen LogP contribution in [-0.4, -0.2) is 28.7 Å². The summed E-state index contributed by atoms with van der Waals surface area (Å²) in [6.45, 7) is 2.38. The molecule has 0 unspecified atom stereocenters. The van der Waals surface area contributed by atoms with Gasteiger partial charge in [-0.3, -0.25) is 4.99 Å². The van der Waals surface area contributed by atoms with Crippen LogP contribution in [0, 0.1) is 6.92 Å². The Morgan fingerprint density at radius 1 is 1.37 bits per heavy atom. The molecule has 19 heavy (non-hydrogen) atoms. The van der Waals surface area contributed by atoms with E-state index >= 15 is 0 Å². The van der Waals surface area contributed by atoms with E-state index in [1.54, 1.807) is 6.92 Å². The van der Waals surface area contributed by atoms with E-state index in [0.717, 1.165) is 0 Å². The number of hydrogen-bond acceptors (Lipinski definition) is 4. The number of guanidine groups is 1. The molecule has 1 heterocycles. The number of aryl methyl sites for hydroxylation is 1. The van der Waals surface area contributed by atoms with Crippen LogP contribution in [0.25, 0.3) is 0 Å². The summed E-state index contributed by atoms with van der Waals surface area (Å²) >= 11 is 0. The maximum Gasteiger partial charge on any atom is 0.228 e. The molecule has 6 nitrogen and oxygen atoms in total. The van der Waals surface area contributed by atoms with Crippen molar-refractivity contribution in [2.75, 3.05) is 6.54 Å². The molecule has 0 spiro atoms. The van der Waals surface area contributed by atoms with Crippen LogP contribution >= 0.6 is 0 Å². The summed E-state index contributed by atoms with van der Waals surface area (Å²) < 4.78 is 5.02. The summed E-state index contributed by atoms with van der Waals surface area (Å²) in [5.41, 5.74) is 5.90. The maximum absolute atomic E-state index is 5.90. The lowest BCUT2D eigenvalue weighted by molar-refractivity contribution is 0.376. The topological polar surface area (TPSA) is 89.3 Å². The highest BCUT2D eigenvalue weighted by molar-refractivity contribution is 5.78. The van der Waals surface area contributed by atoms with E-state index in [4.69, 9.17) is 10.3 Å². The predicted octanol–water partition coefficient (Wildman–Crippen LogP) is 1.55. The first-order valence-electron chi connectivity index (χ1n) is 7.09. The molecule has 0 saturated heterocycles. The van der Waals surface area contributed by atoms with E-state index in [1.807, 2.05) is 0 Å². The van der Waals surface area contributed by atoms with Crippen LogP contribution in [0.2, 0.25) is 0 Å². The van der Waals surface area contributed by atoms with Crippen LogP contribution < -0.4 is 11.1 Å². The fourth-order valence-corrected chi connectivity index (χ4v) is 2.39. The van der Waals surface area contributed by atoms with Crippen LogP contribution in [0.4, 0.5) is 0 Å². The molecule has 0 aromatic carbocycles. The van der Waals surface area contributed by atoms with Crippen molar-refractivity contribution in [3.05, 3.63) is 11.7 Å². The van der Waals surface area contributed by atoms with Crippen molar-refractivity contribution in [3.63, 3.8) is 0 Å². The fraction of sp³-hybridized carbons (Fsp3) is 0.769. The normalized spacial score (nSPS) is 18.3. The molecule has 1 aromatic heterocycles. The number of aromatic nitrogens is 2. The van der Waals surface area contributed by atoms with E-state index in [-0.39, 0.29) is 0 Å². The third kappa shape index (κ3) is 4.89. The smallest absolute Gasteiger partial charge is 0.228 e. The standard InChI is InChI=1S/C13H23N5O/c1-10-16-12(19-18-10)8-9-15-13(14)17-11-6-4-2-3-5-7-11/h11H,2-9H2,1H3,(H3,14,15,17). The van der Waals surface area contributed by atoms with Crippen LogP contribution in [0.1, 0.15) is 50.2 Å². The van der Waals surface area contributed by atoms with Crippen molar-refractivity contribution in [2.24, 2.45) is 10.7 Å². The molecular formula is C13H23N5O. The molecule has 106 valence electrons. The van der Waals surface area contributed by atoms with Crippen LogP contribution in [-0.2, 0) is 6.42 Å². The van der Waals surface area contributed by atoms with Gasteiger partial charge in [0.25, 0.3) is 0 Å². The molecule has 0 bridgehead atoms. The van der Waals surface area contributed by atoms with Gasteiger partial charge in [-0.15, -0.1) is 0 Å². The summed E-state index contributed by atoms with van der Waals surface area (Å²) in [6.07, 6.45) is 8.27. The SMILES string of the molecule is Cc1noc(CCN=C(N)NC2CCCCCC2)n1. The van der Waals surface area contributed by atoms with Gasteiger partial charge in [0.05, 0.1) is 6.54 Å². The van der Waals surface area contributed by atoms with Gasteiger partial charge in [0.2, 0.25) is 5.89 Å². The first-order valence-corrected chi connectivity index (χ1v) is 7.09. The zero-order valence-electron chi connectivity index (χ0n) is 11.6. The highest BCUT2D eigenvalue weighted by Crippen LogP contribution is 2.16. The fourth-order valence-electron chi connectivity index (χ4n) is 2.39. The summed E-state index contributed by atoms with van der Waals surface area (Å²) in [5, 5.41) is 7.05. The molecule has 2 rings (SSSR count). The molecule has 1 aliphatic carbocycles. The molecule has 1 aromatic rings. The Morgan fingerprint density at radius 3 is 2.74 bits per heavy atom. The van der Waals surface area contributed by atoms with Gasteiger partial charge in [0.15, 0.2) is 11.8 Å². The van der Waals surface area contributed by atoms with Crippen LogP contribution in [0.3, 0.4) is 0 Å². The van der Waals surface area contributed by atoms with E-state index in [0.29, 0.717) is 36.7 Å². The van der Waals surface area contributed by atoms with Gasteiger partial charge >= 0.3 is 0 Å². The number of nitrogens with zero attached hydrogens (tertiary/aromatic N) is 3. The summed E-state index contributed by atoms with van der Waals surface area (Å²) in [7, 11) is 0. The molecule has 0 radical (unpaired) electrons. The highest BCUT2D eigenvalue weighted by atomic mass is 16.5. The van der Waals surface area contributed by atoms with E-state index in [2.05, 4.69) is 20.4 Å². The molecule has 3 N–H and O–H groups in total. The van der Waals surface area contributed by atoms with Crippen molar-refractivity contribution in [2.45, 2.75) is 57.9 Å². The van der Waals surface area contributed by atoms with Gasteiger partial charge in [-0.05, 0) is 19.8 Å². The number of hydrogen-bond donors (Lipinski definition) is 2. The molecular weight excluding hydrogens is 242 g/mol. The highest BCUT2D eigenvalue weighted by Gasteiger charge is 2.12. The second-order valence-electron chi connectivity index (χ2n) is 5.09. The monoisotopic (exact) mass is 265 g/mol. The number of nitrogens with two attached hydrogens (primary N) is 1. The average molecular weight is 265 g/mol. The third-order valence-corrected chi connectivity index (χ3v) is 3.38. The van der Waals surface area contributed by atoms with E-state index in [9.17, 15) is 0 Å². The Morgan fingerprint density at radius 2 is 2.11 bits per heavy atom. The van der Waals surface area contributed by atoms with Gasteiger partial charge in [-0.2, -0.15) is 4.98 Å². The Kier molecular flexibility index (Phi) is 5.18. The second kappa shape index (κ2) is 7.11. The quantitative estimate of drug-likeness (QED) is 0.490. The summed E-state index contributed by atoms with van der Waals surface area (Å²) in [6, 6.07) is 0.483. The van der Waals surface area contributed by atoms with Crippen molar-refractivity contribution in [1.82, 2.24) is 15.5 Å². The first-order chi connectivity index (χ1) is 9.24. The van der Waals surface area contributed by atoms with Gasteiger partial charge in [-0.25, -0.2) is 0 Å². The minimum absolute atomic E-state index is 0.483. The van der Waals surface area contributed by atoms with Crippen molar-refractivity contribution >= 4 is 5.96 Å². The van der Waals surface area contributed by atoms with Crippen LogP contribution in [0.5, 0.6) is 0 Å². The molecule has 0 amide bonds. The van der Waals surface area contributed by atoms with Crippen molar-refractivity contribution in [1.29, 1.82) is 0 Å². The number of aliphatic imine (C=N–C) groups is 1. The second-order valence-corrected chi connectivity index (χ2v) is 5.09. The Bertz CT molecular complexity index is 407. The Balaban J connectivity index is 1.72. The Labute approximate surface area is 113 Å². The zero-order valence-corrected chi connectivity index (χ0v) is 11.6. The van der Waals surface area contributed by atoms with Gasteiger partial charge in [0.1, 0.15) is 0 Å². The zero-order chi connectivity index (χ0) is 13.5. The minimum atomic E-state index is 0.483. The predicted molar refractivity (Wildman–Crippen MR) is 73.9 cm³/mol. The third-order valence-electron chi connectivity index (χ3n) is 3.38. The minimum Gasteiger partial charge on any atom is -0.370 e. The molecule has 1 aliphatic rings. The van der Waals surface area contributed by atoms with E-state index in [1.165, 1.54) is 38.5 Å². The molecule has 1 saturated carbocycles. The molecule has 1 fully saturated rings. The molecule has 6 heteroatoms. The first kappa shape index (κ1) is 13.8. The lowest BCUT2D eigenvalue weighted by Gasteiger charge is -2.16. The Hall–Kier alpha value is -1.59. The maximum atomic E-state index is 5.90. The van der Waals surface area contributed by atoms with Crippen molar-refractivity contribution < 1.29 is 4.52 Å². The molecule has 0 aliphatic heterocycles. The molecule has 0 atom stereocenters. The van der Waals surface area contributed by atoms with Gasteiger partial charge in [-0.1, -0.05) is 30.8 Å². The number of nitrogens with one attached hydrogen (secondary N) is 1. The van der Waals surface area contributed by atoms with Crippen LogP contribution in [0.15, 0.2) is 9.52 Å². The van der Waals surface area contributed by atoms with Gasteiger partial charge in [0, 0.05) is 12.5 Å². The lowest BCUT2D eigenvalue weighted by Crippen LogP contribution is -2.40.